The van der Waals surface area contributed by atoms with Gasteiger partial charge in [0.25, 0.3) is 0 Å². The Bertz CT molecular complexity index is 786. The van der Waals surface area contributed by atoms with E-state index in [1.165, 1.54) is 17.9 Å². The molecule has 0 heterocycles. The summed E-state index contributed by atoms with van der Waals surface area (Å²) < 4.78 is 26.4. The Morgan fingerprint density at radius 3 is 2.20 bits per heavy atom. The highest BCUT2D eigenvalue weighted by molar-refractivity contribution is 5.94. The Balaban J connectivity index is 2.04. The van der Waals surface area contributed by atoms with Gasteiger partial charge in [-0.2, -0.15) is 0 Å². The molecule has 0 fully saturated rings. The lowest BCUT2D eigenvalue weighted by molar-refractivity contribution is -0.117. The summed E-state index contributed by atoms with van der Waals surface area (Å²) in [4.78, 5) is 25.1. The molecule has 0 unspecified atom stereocenters. The number of rotatable bonds is 5. The summed E-state index contributed by atoms with van der Waals surface area (Å²) in [5.41, 5.74) is 2.96. The number of halogens is 2. The normalized spacial score (nSPS) is 10.4. The second-order valence-corrected chi connectivity index (χ2v) is 5.94. The highest BCUT2D eigenvalue weighted by Gasteiger charge is 2.15. The third kappa shape index (κ3) is 5.11. The number of hydrogen-bond acceptors (Lipinski definition) is 2. The summed E-state index contributed by atoms with van der Waals surface area (Å²) >= 11 is 0. The van der Waals surface area contributed by atoms with Crippen molar-refractivity contribution in [3.05, 3.63) is 59.2 Å². The second-order valence-electron chi connectivity index (χ2n) is 5.94. The average Bonchev–Trinajstić information content (AvgIpc) is 2.49. The van der Waals surface area contributed by atoms with Crippen molar-refractivity contribution in [3.8, 4) is 0 Å². The molecule has 0 aliphatic rings. The minimum atomic E-state index is -1.04. The van der Waals surface area contributed by atoms with Crippen molar-refractivity contribution < 1.29 is 18.4 Å². The number of nitrogens with one attached hydrogen (secondary N) is 1. The zero-order chi connectivity index (χ0) is 18.6. The molecule has 1 N–H and O–H groups in total. The van der Waals surface area contributed by atoms with Crippen molar-refractivity contribution in [2.24, 2.45) is 0 Å². The third-order valence-electron chi connectivity index (χ3n) is 3.66. The summed E-state index contributed by atoms with van der Waals surface area (Å²) in [7, 11) is 0. The first-order valence-corrected chi connectivity index (χ1v) is 7.87. The third-order valence-corrected chi connectivity index (χ3v) is 3.66. The van der Waals surface area contributed by atoms with E-state index in [2.05, 4.69) is 5.32 Å². The number of carbonyl (C=O) groups is 2. The van der Waals surface area contributed by atoms with Crippen LogP contribution in [0.4, 0.5) is 20.2 Å². The molecule has 4 nitrogen and oxygen atoms in total. The Morgan fingerprint density at radius 2 is 1.64 bits per heavy atom. The van der Waals surface area contributed by atoms with Gasteiger partial charge in [0.05, 0.1) is 0 Å². The second kappa shape index (κ2) is 7.88. The number of aryl methyl sites for hydroxylation is 2. The molecule has 2 rings (SSSR count). The Hall–Kier alpha value is -2.76. The monoisotopic (exact) mass is 346 g/mol. The fraction of sp³-hybridized carbons (Fsp3) is 0.263. The molecule has 0 aliphatic heterocycles. The van der Waals surface area contributed by atoms with E-state index < -0.39 is 11.6 Å². The fourth-order valence-corrected chi connectivity index (χ4v) is 2.60. The quantitative estimate of drug-likeness (QED) is 0.891. The van der Waals surface area contributed by atoms with Crippen molar-refractivity contribution in [2.75, 3.05) is 16.8 Å². The number of amides is 2. The number of nitrogens with zero attached hydrogens (tertiary/aromatic N) is 1. The largest absolute Gasteiger partial charge is 0.326 e. The average molecular weight is 346 g/mol. The minimum absolute atomic E-state index is 0.0333. The van der Waals surface area contributed by atoms with Crippen LogP contribution in [0.2, 0.25) is 0 Å². The van der Waals surface area contributed by atoms with E-state index in [-0.39, 0.29) is 30.5 Å². The standard InChI is InChI=1S/C19H20F2N2O2/c1-12-8-13(2)10-15(9-12)22-19(25)6-7-23(14(3)24)16-4-5-17(20)18(21)11-16/h4-5,8-11H,6-7H2,1-3H3,(H,22,25). The van der Waals surface area contributed by atoms with Gasteiger partial charge >= 0.3 is 0 Å². The maximum absolute atomic E-state index is 13.4. The Morgan fingerprint density at radius 1 is 1.00 bits per heavy atom. The molecule has 0 atom stereocenters. The Labute approximate surface area is 145 Å². The van der Waals surface area contributed by atoms with Crippen LogP contribution in [-0.2, 0) is 9.59 Å². The van der Waals surface area contributed by atoms with Crippen LogP contribution < -0.4 is 10.2 Å². The predicted molar refractivity (Wildman–Crippen MR) is 93.5 cm³/mol. The van der Waals surface area contributed by atoms with Gasteiger partial charge in [-0.3, -0.25) is 9.59 Å². The molecule has 25 heavy (non-hydrogen) atoms. The summed E-state index contributed by atoms with van der Waals surface area (Å²) in [6, 6.07) is 8.90. The molecule has 0 aromatic heterocycles. The lowest BCUT2D eigenvalue weighted by Crippen LogP contribution is -2.32. The van der Waals surface area contributed by atoms with Crippen LogP contribution >= 0.6 is 0 Å². The number of carbonyl (C=O) groups excluding carboxylic acids is 2. The van der Waals surface area contributed by atoms with Crippen molar-refractivity contribution in [3.63, 3.8) is 0 Å². The molecule has 0 spiro atoms. The molecule has 2 aromatic rings. The molecule has 6 heteroatoms. The zero-order valence-corrected chi connectivity index (χ0v) is 14.4. The number of hydrogen-bond donors (Lipinski definition) is 1. The molecule has 0 saturated heterocycles. The summed E-state index contributed by atoms with van der Waals surface area (Å²) in [6.07, 6.45) is 0.0333. The molecular weight excluding hydrogens is 326 g/mol. The highest BCUT2D eigenvalue weighted by atomic mass is 19.2. The van der Waals surface area contributed by atoms with Crippen LogP contribution in [0.25, 0.3) is 0 Å². The first-order chi connectivity index (χ1) is 11.8. The molecule has 0 aliphatic carbocycles. The van der Waals surface area contributed by atoms with E-state index in [0.29, 0.717) is 5.69 Å². The van der Waals surface area contributed by atoms with Crippen molar-refractivity contribution in [2.45, 2.75) is 27.2 Å². The highest BCUT2D eigenvalue weighted by Crippen LogP contribution is 2.19. The van der Waals surface area contributed by atoms with Crippen LogP contribution in [0, 0.1) is 25.5 Å². The smallest absolute Gasteiger partial charge is 0.226 e. The summed E-state index contributed by atoms with van der Waals surface area (Å²) in [5.74, 6) is -2.65. The van der Waals surface area contributed by atoms with Crippen LogP contribution in [0.3, 0.4) is 0 Å². The van der Waals surface area contributed by atoms with Crippen molar-refractivity contribution >= 4 is 23.2 Å². The van der Waals surface area contributed by atoms with Gasteiger partial charge in [-0.1, -0.05) is 6.07 Å². The van der Waals surface area contributed by atoms with Gasteiger partial charge < -0.3 is 10.2 Å². The van der Waals surface area contributed by atoms with Gasteiger partial charge in [-0.05, 0) is 49.2 Å². The maximum atomic E-state index is 13.4. The molecule has 0 bridgehead atoms. The van der Waals surface area contributed by atoms with Crippen molar-refractivity contribution in [1.82, 2.24) is 0 Å². The fourth-order valence-electron chi connectivity index (χ4n) is 2.60. The van der Waals surface area contributed by atoms with Gasteiger partial charge in [-0.15, -0.1) is 0 Å². The van der Waals surface area contributed by atoms with Crippen LogP contribution in [-0.4, -0.2) is 18.4 Å². The minimum Gasteiger partial charge on any atom is -0.326 e. The van der Waals surface area contributed by atoms with Gasteiger partial charge in [0.2, 0.25) is 11.8 Å². The van der Waals surface area contributed by atoms with Gasteiger partial charge in [0.15, 0.2) is 11.6 Å². The topological polar surface area (TPSA) is 49.4 Å². The summed E-state index contributed by atoms with van der Waals surface area (Å²) in [6.45, 7) is 5.24. The van der Waals surface area contributed by atoms with Gasteiger partial charge in [0, 0.05) is 37.3 Å². The van der Waals surface area contributed by atoms with E-state index in [9.17, 15) is 18.4 Å². The Kier molecular flexibility index (Phi) is 5.85. The predicted octanol–water partition coefficient (Wildman–Crippen LogP) is 3.96. The van der Waals surface area contributed by atoms with E-state index in [0.717, 1.165) is 23.3 Å². The van der Waals surface area contributed by atoms with Gasteiger partial charge in [-0.25, -0.2) is 8.78 Å². The first-order valence-electron chi connectivity index (χ1n) is 7.87. The van der Waals surface area contributed by atoms with E-state index >= 15 is 0 Å². The van der Waals surface area contributed by atoms with Crippen molar-refractivity contribution in [1.29, 1.82) is 0 Å². The zero-order valence-electron chi connectivity index (χ0n) is 14.4. The lowest BCUT2D eigenvalue weighted by Gasteiger charge is -2.21. The van der Waals surface area contributed by atoms with E-state index in [1.807, 2.05) is 32.0 Å². The molecule has 0 radical (unpaired) electrons. The molecular formula is C19H20F2N2O2. The van der Waals surface area contributed by atoms with E-state index in [4.69, 9.17) is 0 Å². The van der Waals surface area contributed by atoms with Crippen LogP contribution in [0.15, 0.2) is 36.4 Å². The molecule has 0 saturated carbocycles. The maximum Gasteiger partial charge on any atom is 0.226 e. The molecule has 2 amide bonds. The number of anilines is 2. The van der Waals surface area contributed by atoms with Crippen LogP contribution in [0.1, 0.15) is 24.5 Å². The molecule has 2 aromatic carbocycles. The SMILES string of the molecule is CC(=O)N(CCC(=O)Nc1cc(C)cc(C)c1)c1ccc(F)c(F)c1. The number of benzene rings is 2. The van der Waals surface area contributed by atoms with Crippen LogP contribution in [0.5, 0.6) is 0 Å². The van der Waals surface area contributed by atoms with E-state index in [1.54, 1.807) is 0 Å². The van der Waals surface area contributed by atoms with Gasteiger partial charge in [0.1, 0.15) is 0 Å². The summed E-state index contributed by atoms with van der Waals surface area (Å²) in [5, 5.41) is 2.78. The lowest BCUT2D eigenvalue weighted by atomic mass is 10.1. The molecule has 132 valence electrons. The first kappa shape index (κ1) is 18.6.